The summed E-state index contributed by atoms with van der Waals surface area (Å²) in [5, 5.41) is 9.47. The highest BCUT2D eigenvalue weighted by Crippen LogP contribution is 2.38. The van der Waals surface area contributed by atoms with Gasteiger partial charge in [-0.3, -0.25) is 0 Å². The number of hydrogen-bond donors (Lipinski definition) is 1. The van der Waals surface area contributed by atoms with E-state index in [-0.39, 0.29) is 18.3 Å². The molecule has 0 saturated carbocycles. The second-order valence-corrected chi connectivity index (χ2v) is 6.62. The van der Waals surface area contributed by atoms with Crippen molar-refractivity contribution in [2.45, 2.75) is 44.0 Å². The van der Waals surface area contributed by atoms with Gasteiger partial charge in [-0.1, -0.05) is 12.1 Å². The number of rotatable bonds is 3. The third-order valence-corrected chi connectivity index (χ3v) is 4.98. The summed E-state index contributed by atoms with van der Waals surface area (Å²) < 4.78 is 18.6. The molecular formula is C16H21BrO4. The van der Waals surface area contributed by atoms with Gasteiger partial charge in [0.1, 0.15) is 11.9 Å². The fourth-order valence-corrected chi connectivity index (χ4v) is 3.65. The molecule has 3 rings (SSSR count). The summed E-state index contributed by atoms with van der Waals surface area (Å²) in [5.74, 6) is 0.758. The zero-order chi connectivity index (χ0) is 14.7. The standard InChI is InChI=1S/C16H21BrO4/c17-14-3-1-2-12(11-18)15(14)21-13-4-7-20-16(10-13)5-8-19-9-6-16/h1-3,13,18H,4-11H2. The zero-order valence-electron chi connectivity index (χ0n) is 12.0. The van der Waals surface area contributed by atoms with E-state index in [9.17, 15) is 5.11 Å². The molecule has 0 aromatic heterocycles. The van der Waals surface area contributed by atoms with Gasteiger partial charge in [0.2, 0.25) is 0 Å². The highest BCUT2D eigenvalue weighted by Gasteiger charge is 2.40. The highest BCUT2D eigenvalue weighted by molar-refractivity contribution is 9.10. The fourth-order valence-electron chi connectivity index (χ4n) is 3.15. The normalized spacial score (nSPS) is 25.0. The Morgan fingerprint density at radius 3 is 2.86 bits per heavy atom. The minimum Gasteiger partial charge on any atom is -0.489 e. The molecule has 2 aliphatic heterocycles. The average molecular weight is 357 g/mol. The molecule has 1 atom stereocenters. The van der Waals surface area contributed by atoms with Crippen molar-refractivity contribution >= 4 is 15.9 Å². The molecule has 0 radical (unpaired) electrons. The zero-order valence-corrected chi connectivity index (χ0v) is 13.6. The lowest BCUT2D eigenvalue weighted by Gasteiger charge is -2.43. The molecule has 0 amide bonds. The Morgan fingerprint density at radius 1 is 1.29 bits per heavy atom. The number of benzene rings is 1. The number of aliphatic hydroxyl groups is 1. The van der Waals surface area contributed by atoms with Crippen LogP contribution in [0.1, 0.15) is 31.2 Å². The Bertz CT molecular complexity index is 480. The molecule has 2 heterocycles. The van der Waals surface area contributed by atoms with Gasteiger partial charge < -0.3 is 19.3 Å². The van der Waals surface area contributed by atoms with Crippen LogP contribution >= 0.6 is 15.9 Å². The third kappa shape index (κ3) is 3.42. The Morgan fingerprint density at radius 2 is 2.10 bits per heavy atom. The molecular weight excluding hydrogens is 336 g/mol. The Hall–Kier alpha value is -0.620. The van der Waals surface area contributed by atoms with E-state index in [2.05, 4.69) is 15.9 Å². The van der Waals surface area contributed by atoms with Crippen molar-refractivity contribution in [3.05, 3.63) is 28.2 Å². The van der Waals surface area contributed by atoms with Crippen molar-refractivity contribution in [1.29, 1.82) is 0 Å². The SMILES string of the molecule is OCc1cccc(Br)c1OC1CCOC2(CCOCC2)C1. The largest absolute Gasteiger partial charge is 0.489 e. The molecule has 2 aliphatic rings. The van der Waals surface area contributed by atoms with E-state index in [4.69, 9.17) is 14.2 Å². The van der Waals surface area contributed by atoms with E-state index in [1.165, 1.54) is 0 Å². The summed E-state index contributed by atoms with van der Waals surface area (Å²) >= 11 is 3.51. The van der Waals surface area contributed by atoms with Crippen LogP contribution in [-0.4, -0.2) is 36.6 Å². The maximum Gasteiger partial charge on any atom is 0.139 e. The van der Waals surface area contributed by atoms with Crippen LogP contribution in [0, 0.1) is 0 Å². The molecule has 116 valence electrons. The van der Waals surface area contributed by atoms with Crippen LogP contribution in [0.25, 0.3) is 0 Å². The molecule has 21 heavy (non-hydrogen) atoms. The van der Waals surface area contributed by atoms with Crippen LogP contribution in [0.4, 0.5) is 0 Å². The summed E-state index contributed by atoms with van der Waals surface area (Å²) in [6, 6.07) is 5.74. The molecule has 1 unspecified atom stereocenters. The van der Waals surface area contributed by atoms with E-state index >= 15 is 0 Å². The molecule has 1 aromatic rings. The monoisotopic (exact) mass is 356 g/mol. The number of halogens is 1. The van der Waals surface area contributed by atoms with Gasteiger partial charge in [0.25, 0.3) is 0 Å². The van der Waals surface area contributed by atoms with Crippen molar-refractivity contribution in [2.75, 3.05) is 19.8 Å². The first kappa shape index (κ1) is 15.3. The molecule has 1 aromatic carbocycles. The fraction of sp³-hybridized carbons (Fsp3) is 0.625. The van der Waals surface area contributed by atoms with Crippen molar-refractivity contribution < 1.29 is 19.3 Å². The van der Waals surface area contributed by atoms with Crippen LogP contribution in [0.5, 0.6) is 5.75 Å². The van der Waals surface area contributed by atoms with Gasteiger partial charge >= 0.3 is 0 Å². The average Bonchev–Trinajstić information content (AvgIpc) is 2.50. The topological polar surface area (TPSA) is 47.9 Å². The maximum atomic E-state index is 9.47. The predicted octanol–water partition coefficient (Wildman–Crippen LogP) is 3.05. The first-order chi connectivity index (χ1) is 10.2. The molecule has 1 spiro atoms. The summed E-state index contributed by atoms with van der Waals surface area (Å²) in [5.41, 5.74) is 0.735. The van der Waals surface area contributed by atoms with Crippen LogP contribution < -0.4 is 4.74 Å². The summed E-state index contributed by atoms with van der Waals surface area (Å²) in [6.45, 7) is 2.24. The van der Waals surface area contributed by atoms with Gasteiger partial charge in [-0.25, -0.2) is 0 Å². The number of hydrogen-bond acceptors (Lipinski definition) is 4. The van der Waals surface area contributed by atoms with Gasteiger partial charge in [-0.2, -0.15) is 0 Å². The number of ether oxygens (including phenoxy) is 3. The quantitative estimate of drug-likeness (QED) is 0.903. The second kappa shape index (κ2) is 6.65. The van der Waals surface area contributed by atoms with E-state index in [1.807, 2.05) is 18.2 Å². The Kier molecular flexibility index (Phi) is 4.84. The minimum atomic E-state index is -0.0815. The predicted molar refractivity (Wildman–Crippen MR) is 82.5 cm³/mol. The first-order valence-corrected chi connectivity index (χ1v) is 8.28. The van der Waals surface area contributed by atoms with Gasteiger partial charge in [0.05, 0.1) is 23.3 Å². The van der Waals surface area contributed by atoms with E-state index in [0.29, 0.717) is 0 Å². The minimum absolute atomic E-state index is 0.0169. The first-order valence-electron chi connectivity index (χ1n) is 7.49. The van der Waals surface area contributed by atoms with Crippen LogP contribution in [0.2, 0.25) is 0 Å². The lowest BCUT2D eigenvalue weighted by atomic mass is 9.85. The van der Waals surface area contributed by atoms with Crippen molar-refractivity contribution in [3.63, 3.8) is 0 Å². The lowest BCUT2D eigenvalue weighted by Crippen LogP contribution is -2.47. The number of para-hydroxylation sites is 1. The van der Waals surface area contributed by atoms with Crippen molar-refractivity contribution in [1.82, 2.24) is 0 Å². The van der Waals surface area contributed by atoms with Gasteiger partial charge in [-0.05, 0) is 34.8 Å². The number of aliphatic hydroxyl groups excluding tert-OH is 1. The van der Waals surface area contributed by atoms with Gasteiger partial charge in [-0.15, -0.1) is 0 Å². The van der Waals surface area contributed by atoms with Crippen molar-refractivity contribution in [2.24, 2.45) is 0 Å². The molecule has 0 bridgehead atoms. The summed E-state index contributed by atoms with van der Waals surface area (Å²) in [6.07, 6.45) is 3.78. The molecule has 4 nitrogen and oxygen atoms in total. The molecule has 2 fully saturated rings. The maximum absolute atomic E-state index is 9.47. The van der Waals surface area contributed by atoms with Crippen LogP contribution in [-0.2, 0) is 16.1 Å². The van der Waals surface area contributed by atoms with Crippen molar-refractivity contribution in [3.8, 4) is 5.75 Å². The van der Waals surface area contributed by atoms with E-state index in [0.717, 1.165) is 61.3 Å². The highest BCUT2D eigenvalue weighted by atomic mass is 79.9. The molecule has 1 N–H and O–H groups in total. The smallest absolute Gasteiger partial charge is 0.139 e. The van der Waals surface area contributed by atoms with Gasteiger partial charge in [0.15, 0.2) is 0 Å². The van der Waals surface area contributed by atoms with E-state index in [1.54, 1.807) is 0 Å². The summed E-state index contributed by atoms with van der Waals surface area (Å²) in [7, 11) is 0. The van der Waals surface area contributed by atoms with Crippen LogP contribution in [0.3, 0.4) is 0 Å². The van der Waals surface area contributed by atoms with Crippen LogP contribution in [0.15, 0.2) is 22.7 Å². The molecule has 5 heteroatoms. The molecule has 2 saturated heterocycles. The third-order valence-electron chi connectivity index (χ3n) is 4.36. The molecule has 0 aliphatic carbocycles. The lowest BCUT2D eigenvalue weighted by molar-refractivity contribution is -0.155. The second-order valence-electron chi connectivity index (χ2n) is 5.76. The van der Waals surface area contributed by atoms with E-state index < -0.39 is 0 Å². The Labute approximate surface area is 133 Å². The Balaban J connectivity index is 1.73. The summed E-state index contributed by atoms with van der Waals surface area (Å²) in [4.78, 5) is 0. The van der Waals surface area contributed by atoms with Gasteiger partial charge in [0, 0.05) is 31.6 Å².